The highest BCUT2D eigenvalue weighted by Crippen LogP contribution is 2.46. The van der Waals surface area contributed by atoms with Crippen LogP contribution in [0.2, 0.25) is 0 Å². The van der Waals surface area contributed by atoms with Gasteiger partial charge in [0, 0.05) is 6.42 Å². The Morgan fingerprint density at radius 3 is 2.00 bits per heavy atom. The maximum Gasteiger partial charge on any atom is 0.119 e. The Hall–Kier alpha value is 0.310. The molecule has 66 valence electrons. The second-order valence-electron chi connectivity index (χ2n) is 4.42. The summed E-state index contributed by atoms with van der Waals surface area (Å²) in [5.74, 6) is 1.34. The quantitative estimate of drug-likeness (QED) is 0.577. The van der Waals surface area contributed by atoms with Crippen LogP contribution in [0.3, 0.4) is 0 Å². The zero-order chi connectivity index (χ0) is 8.70. The lowest BCUT2D eigenvalue weighted by atomic mass is 9.90. The van der Waals surface area contributed by atoms with Gasteiger partial charge in [0.25, 0.3) is 0 Å². The van der Waals surface area contributed by atoms with Crippen LogP contribution in [0.4, 0.5) is 0 Å². The monoisotopic (exact) mass is 174 g/mol. The summed E-state index contributed by atoms with van der Waals surface area (Å²) in [6, 6.07) is 0. The van der Waals surface area contributed by atoms with Crippen LogP contribution in [-0.2, 0) is 0 Å². The van der Waals surface area contributed by atoms with E-state index in [1.165, 1.54) is 12.2 Å². The van der Waals surface area contributed by atoms with Gasteiger partial charge in [-0.1, -0.05) is 6.92 Å². The molecule has 0 spiro atoms. The molecular formula is C9H20NS+. The molecule has 1 fully saturated rings. The Kier molecular flexibility index (Phi) is 2.28. The standard InChI is InChI=1S/C9H20NS/c1-6-9(10(3,4)5)7-11-8(9)2/h8H,6-7H2,1-5H3/q+1/t8-,9-/m1/s1. The predicted octanol–water partition coefficient (Wildman–Crippen LogP) is 1.98. The Bertz CT molecular complexity index is 146. The fourth-order valence-corrected chi connectivity index (χ4v) is 4.00. The minimum Gasteiger partial charge on any atom is -0.324 e. The van der Waals surface area contributed by atoms with E-state index < -0.39 is 0 Å². The van der Waals surface area contributed by atoms with Gasteiger partial charge in [-0.15, -0.1) is 11.8 Å². The van der Waals surface area contributed by atoms with Crippen molar-refractivity contribution in [3.05, 3.63) is 0 Å². The first-order chi connectivity index (χ1) is 4.94. The van der Waals surface area contributed by atoms with Crippen molar-refractivity contribution in [3.8, 4) is 0 Å². The van der Waals surface area contributed by atoms with Crippen molar-refractivity contribution in [2.45, 2.75) is 31.1 Å². The van der Waals surface area contributed by atoms with Crippen LogP contribution in [0.15, 0.2) is 0 Å². The molecule has 0 aliphatic carbocycles. The molecule has 0 bridgehead atoms. The molecule has 0 N–H and O–H groups in total. The SMILES string of the molecule is CC[C@@]1([N+](C)(C)C)CS[C@@H]1C. The third-order valence-corrected chi connectivity index (χ3v) is 4.89. The van der Waals surface area contributed by atoms with Crippen molar-refractivity contribution in [2.24, 2.45) is 0 Å². The molecule has 0 unspecified atom stereocenters. The molecule has 0 amide bonds. The molecule has 11 heavy (non-hydrogen) atoms. The molecular weight excluding hydrogens is 154 g/mol. The van der Waals surface area contributed by atoms with E-state index in [9.17, 15) is 0 Å². The lowest BCUT2D eigenvalue weighted by molar-refractivity contribution is -0.922. The second kappa shape index (κ2) is 2.67. The average molecular weight is 174 g/mol. The van der Waals surface area contributed by atoms with Crippen LogP contribution in [0.1, 0.15) is 20.3 Å². The summed E-state index contributed by atoms with van der Waals surface area (Å²) in [6.45, 7) is 4.68. The van der Waals surface area contributed by atoms with Gasteiger partial charge >= 0.3 is 0 Å². The molecule has 1 aliphatic rings. The van der Waals surface area contributed by atoms with Crippen LogP contribution in [0.25, 0.3) is 0 Å². The molecule has 1 nitrogen and oxygen atoms in total. The van der Waals surface area contributed by atoms with Crippen molar-refractivity contribution >= 4 is 11.8 Å². The number of rotatable bonds is 2. The summed E-state index contributed by atoms with van der Waals surface area (Å²) in [7, 11) is 6.96. The first kappa shape index (κ1) is 9.40. The topological polar surface area (TPSA) is 0 Å². The van der Waals surface area contributed by atoms with E-state index in [1.54, 1.807) is 0 Å². The summed E-state index contributed by atoms with van der Waals surface area (Å²) in [5, 5.41) is 0.840. The Balaban J connectivity index is 2.77. The normalized spacial score (nSPS) is 38.5. The molecule has 2 atom stereocenters. The molecule has 1 heterocycles. The van der Waals surface area contributed by atoms with Crippen molar-refractivity contribution in [1.82, 2.24) is 0 Å². The summed E-state index contributed by atoms with van der Waals surface area (Å²) in [5.41, 5.74) is 0.560. The molecule has 0 aromatic heterocycles. The molecule has 1 rings (SSSR count). The molecule has 0 aromatic rings. The number of hydrogen-bond acceptors (Lipinski definition) is 1. The van der Waals surface area contributed by atoms with Crippen molar-refractivity contribution in [2.75, 3.05) is 26.9 Å². The average Bonchev–Trinajstić information content (AvgIpc) is 1.84. The van der Waals surface area contributed by atoms with Gasteiger partial charge in [-0.2, -0.15) is 0 Å². The minimum atomic E-state index is 0.560. The van der Waals surface area contributed by atoms with E-state index in [-0.39, 0.29) is 0 Å². The summed E-state index contributed by atoms with van der Waals surface area (Å²) < 4.78 is 1.12. The van der Waals surface area contributed by atoms with Crippen LogP contribution in [-0.4, -0.2) is 42.2 Å². The van der Waals surface area contributed by atoms with Gasteiger partial charge in [0.2, 0.25) is 0 Å². The predicted molar refractivity (Wildman–Crippen MR) is 53.0 cm³/mol. The van der Waals surface area contributed by atoms with Crippen molar-refractivity contribution < 1.29 is 4.48 Å². The van der Waals surface area contributed by atoms with E-state index in [4.69, 9.17) is 0 Å². The minimum absolute atomic E-state index is 0.560. The van der Waals surface area contributed by atoms with Crippen LogP contribution in [0, 0.1) is 0 Å². The summed E-state index contributed by atoms with van der Waals surface area (Å²) >= 11 is 2.10. The van der Waals surface area contributed by atoms with E-state index in [0.29, 0.717) is 5.54 Å². The first-order valence-electron chi connectivity index (χ1n) is 4.37. The number of hydrogen-bond donors (Lipinski definition) is 0. The number of nitrogens with zero attached hydrogens (tertiary/aromatic N) is 1. The third kappa shape index (κ3) is 1.20. The molecule has 1 aliphatic heterocycles. The second-order valence-corrected chi connectivity index (χ2v) is 5.75. The largest absolute Gasteiger partial charge is 0.324 e. The van der Waals surface area contributed by atoms with Gasteiger partial charge < -0.3 is 4.48 Å². The zero-order valence-electron chi connectivity index (χ0n) is 8.35. The lowest BCUT2D eigenvalue weighted by Gasteiger charge is -2.55. The maximum atomic E-state index is 2.36. The van der Waals surface area contributed by atoms with Gasteiger partial charge in [-0.25, -0.2) is 0 Å². The zero-order valence-corrected chi connectivity index (χ0v) is 9.16. The third-order valence-electron chi connectivity index (χ3n) is 3.29. The fraction of sp³-hybridized carbons (Fsp3) is 1.00. The van der Waals surface area contributed by atoms with Crippen LogP contribution >= 0.6 is 11.8 Å². The van der Waals surface area contributed by atoms with E-state index in [2.05, 4.69) is 46.8 Å². The van der Waals surface area contributed by atoms with Crippen molar-refractivity contribution in [3.63, 3.8) is 0 Å². The summed E-state index contributed by atoms with van der Waals surface area (Å²) in [4.78, 5) is 0. The van der Waals surface area contributed by atoms with Crippen LogP contribution in [0.5, 0.6) is 0 Å². The Morgan fingerprint density at radius 2 is 2.00 bits per heavy atom. The number of thioether (sulfide) groups is 1. The summed E-state index contributed by atoms with van der Waals surface area (Å²) in [6.07, 6.45) is 1.31. The molecule has 0 aromatic carbocycles. The van der Waals surface area contributed by atoms with Gasteiger partial charge in [0.05, 0.1) is 32.1 Å². The molecule has 2 heteroatoms. The Morgan fingerprint density at radius 1 is 1.45 bits per heavy atom. The van der Waals surface area contributed by atoms with Gasteiger partial charge in [-0.3, -0.25) is 0 Å². The lowest BCUT2D eigenvalue weighted by Crippen LogP contribution is -2.68. The van der Waals surface area contributed by atoms with E-state index in [0.717, 1.165) is 9.73 Å². The van der Waals surface area contributed by atoms with Crippen molar-refractivity contribution in [1.29, 1.82) is 0 Å². The fourth-order valence-electron chi connectivity index (χ4n) is 2.05. The van der Waals surface area contributed by atoms with Gasteiger partial charge in [0.1, 0.15) is 5.54 Å². The highest BCUT2D eigenvalue weighted by atomic mass is 32.2. The molecule has 0 radical (unpaired) electrons. The Labute approximate surface area is 74.7 Å². The maximum absolute atomic E-state index is 2.36. The molecule has 1 saturated heterocycles. The molecule has 0 saturated carbocycles. The smallest absolute Gasteiger partial charge is 0.119 e. The van der Waals surface area contributed by atoms with Gasteiger partial charge in [-0.05, 0) is 6.92 Å². The van der Waals surface area contributed by atoms with Gasteiger partial charge in [0.15, 0.2) is 0 Å². The highest BCUT2D eigenvalue weighted by Gasteiger charge is 2.53. The van der Waals surface area contributed by atoms with Crippen LogP contribution < -0.4 is 0 Å². The van der Waals surface area contributed by atoms with E-state index >= 15 is 0 Å². The van der Waals surface area contributed by atoms with E-state index in [1.807, 2.05) is 0 Å². The number of quaternary nitrogens is 1. The first-order valence-corrected chi connectivity index (χ1v) is 5.42. The highest BCUT2D eigenvalue weighted by molar-refractivity contribution is 8.01.